The molecule has 0 aliphatic heterocycles. The minimum atomic E-state index is -0.304. The Labute approximate surface area is 171 Å². The van der Waals surface area contributed by atoms with Crippen LogP contribution in [0.4, 0.5) is 0 Å². The SMILES string of the molecule is CCOC(=O)c1ccc2c(c1)c1c3c(ccc1n2CCN(CC)CC)C(=O)CC3. The molecule has 5 nitrogen and oxygen atoms in total. The van der Waals surface area contributed by atoms with Crippen molar-refractivity contribution < 1.29 is 14.3 Å². The number of Topliss-reactive ketones (excluding diaryl/α,β-unsaturated/α-hetero) is 1. The van der Waals surface area contributed by atoms with Crippen molar-refractivity contribution in [2.45, 2.75) is 40.2 Å². The molecule has 4 rings (SSSR count). The number of carbonyl (C=O) groups is 2. The molecule has 0 unspecified atom stereocenters. The minimum absolute atomic E-state index is 0.215. The Morgan fingerprint density at radius 1 is 1.07 bits per heavy atom. The fraction of sp³-hybridized carbons (Fsp3) is 0.417. The first-order valence-electron chi connectivity index (χ1n) is 10.6. The first kappa shape index (κ1) is 19.6. The second kappa shape index (κ2) is 7.99. The maximum atomic E-state index is 12.3. The van der Waals surface area contributed by atoms with E-state index in [4.69, 9.17) is 4.74 Å². The van der Waals surface area contributed by atoms with Crippen LogP contribution >= 0.6 is 0 Å². The van der Waals surface area contributed by atoms with Crippen molar-refractivity contribution in [3.63, 3.8) is 0 Å². The van der Waals surface area contributed by atoms with Crippen molar-refractivity contribution in [3.05, 3.63) is 47.0 Å². The highest BCUT2D eigenvalue weighted by molar-refractivity contribution is 6.16. The summed E-state index contributed by atoms with van der Waals surface area (Å²) < 4.78 is 7.54. The maximum Gasteiger partial charge on any atom is 0.338 e. The van der Waals surface area contributed by atoms with Gasteiger partial charge in [0.25, 0.3) is 0 Å². The summed E-state index contributed by atoms with van der Waals surface area (Å²) in [6.07, 6.45) is 1.34. The van der Waals surface area contributed by atoms with Gasteiger partial charge in [-0.2, -0.15) is 0 Å². The molecular formula is C24H28N2O3. The summed E-state index contributed by atoms with van der Waals surface area (Å²) in [4.78, 5) is 27.0. The Hall–Kier alpha value is -2.66. The van der Waals surface area contributed by atoms with Gasteiger partial charge in [0.05, 0.1) is 12.2 Å². The molecule has 2 aromatic carbocycles. The molecule has 0 fully saturated rings. The van der Waals surface area contributed by atoms with E-state index in [1.165, 1.54) is 0 Å². The van der Waals surface area contributed by atoms with Crippen molar-refractivity contribution in [3.8, 4) is 0 Å². The van der Waals surface area contributed by atoms with Crippen molar-refractivity contribution in [1.29, 1.82) is 0 Å². The number of ketones is 1. The van der Waals surface area contributed by atoms with Crippen LogP contribution in [0.2, 0.25) is 0 Å². The van der Waals surface area contributed by atoms with E-state index in [2.05, 4.69) is 29.4 Å². The van der Waals surface area contributed by atoms with Gasteiger partial charge in [-0.05, 0) is 62.3 Å². The van der Waals surface area contributed by atoms with Gasteiger partial charge in [-0.3, -0.25) is 4.79 Å². The number of hydrogen-bond acceptors (Lipinski definition) is 4. The van der Waals surface area contributed by atoms with Crippen molar-refractivity contribution in [2.24, 2.45) is 0 Å². The molecule has 5 heteroatoms. The number of carbonyl (C=O) groups excluding carboxylic acids is 2. The lowest BCUT2D eigenvalue weighted by atomic mass is 10.0. The highest BCUT2D eigenvalue weighted by Gasteiger charge is 2.25. The molecule has 1 aliphatic carbocycles. The van der Waals surface area contributed by atoms with E-state index in [1.54, 1.807) is 0 Å². The number of hydrogen-bond donors (Lipinski definition) is 0. The predicted octanol–water partition coefficient (Wildman–Crippen LogP) is 4.44. The van der Waals surface area contributed by atoms with Crippen LogP contribution in [0.5, 0.6) is 0 Å². The topological polar surface area (TPSA) is 51.5 Å². The summed E-state index contributed by atoms with van der Waals surface area (Å²) in [6.45, 7) is 10.4. The Bertz CT molecular complexity index is 1090. The number of aryl methyl sites for hydroxylation is 1. The van der Waals surface area contributed by atoms with Crippen LogP contribution in [-0.2, 0) is 17.7 Å². The van der Waals surface area contributed by atoms with Crippen LogP contribution in [0.15, 0.2) is 30.3 Å². The summed E-state index contributed by atoms with van der Waals surface area (Å²) in [6, 6.07) is 9.85. The van der Waals surface area contributed by atoms with Gasteiger partial charge in [-0.15, -0.1) is 0 Å². The number of fused-ring (bicyclic) bond motifs is 5. The zero-order chi connectivity index (χ0) is 20.5. The van der Waals surface area contributed by atoms with Gasteiger partial charge >= 0.3 is 5.97 Å². The molecule has 0 saturated heterocycles. The number of benzene rings is 2. The predicted molar refractivity (Wildman–Crippen MR) is 116 cm³/mol. The third-order valence-corrected chi connectivity index (χ3v) is 6.09. The van der Waals surface area contributed by atoms with Crippen LogP contribution in [0, 0.1) is 0 Å². The second-order valence-electron chi connectivity index (χ2n) is 7.54. The lowest BCUT2D eigenvalue weighted by molar-refractivity contribution is 0.0526. The fourth-order valence-electron chi connectivity index (χ4n) is 4.52. The van der Waals surface area contributed by atoms with Gasteiger partial charge < -0.3 is 14.2 Å². The Kier molecular flexibility index (Phi) is 5.41. The number of rotatable bonds is 7. The molecule has 0 atom stereocenters. The quantitative estimate of drug-likeness (QED) is 0.558. The van der Waals surface area contributed by atoms with Gasteiger partial charge in [0.1, 0.15) is 0 Å². The summed E-state index contributed by atoms with van der Waals surface area (Å²) in [5, 5.41) is 2.16. The lowest BCUT2D eigenvalue weighted by Crippen LogP contribution is -2.26. The first-order chi connectivity index (χ1) is 14.1. The average molecular weight is 392 g/mol. The fourth-order valence-corrected chi connectivity index (χ4v) is 4.52. The van der Waals surface area contributed by atoms with E-state index in [1.807, 2.05) is 31.2 Å². The highest BCUT2D eigenvalue weighted by Crippen LogP contribution is 2.37. The van der Waals surface area contributed by atoms with Gasteiger partial charge in [-0.1, -0.05) is 13.8 Å². The van der Waals surface area contributed by atoms with Gasteiger partial charge in [-0.25, -0.2) is 4.79 Å². The molecule has 29 heavy (non-hydrogen) atoms. The minimum Gasteiger partial charge on any atom is -0.462 e. The van der Waals surface area contributed by atoms with Crippen molar-refractivity contribution >= 4 is 33.6 Å². The molecule has 1 aromatic heterocycles. The monoisotopic (exact) mass is 392 g/mol. The maximum absolute atomic E-state index is 12.3. The third kappa shape index (κ3) is 3.33. The summed E-state index contributed by atoms with van der Waals surface area (Å²) in [5.74, 6) is -0.0883. The number of likely N-dealkylation sites (N-methyl/N-ethyl adjacent to an activating group) is 1. The summed E-state index contributed by atoms with van der Waals surface area (Å²) >= 11 is 0. The molecule has 1 aliphatic rings. The Balaban J connectivity index is 1.92. The largest absolute Gasteiger partial charge is 0.462 e. The zero-order valence-corrected chi connectivity index (χ0v) is 17.5. The van der Waals surface area contributed by atoms with E-state index >= 15 is 0 Å². The van der Waals surface area contributed by atoms with Gasteiger partial charge in [0, 0.05) is 46.9 Å². The molecule has 0 saturated carbocycles. The number of ether oxygens (including phenoxy) is 1. The van der Waals surface area contributed by atoms with Gasteiger partial charge in [0.15, 0.2) is 5.78 Å². The normalized spacial score (nSPS) is 13.6. The smallest absolute Gasteiger partial charge is 0.338 e. The molecule has 0 spiro atoms. The molecular weight excluding hydrogens is 364 g/mol. The van der Waals surface area contributed by atoms with E-state index < -0.39 is 0 Å². The van der Waals surface area contributed by atoms with Crippen molar-refractivity contribution in [1.82, 2.24) is 9.47 Å². The molecule has 3 aromatic rings. The molecule has 1 heterocycles. The number of aromatic nitrogens is 1. The Morgan fingerprint density at radius 3 is 2.55 bits per heavy atom. The zero-order valence-electron chi connectivity index (χ0n) is 17.5. The van der Waals surface area contributed by atoms with Crippen LogP contribution < -0.4 is 0 Å². The summed E-state index contributed by atoms with van der Waals surface area (Å²) in [7, 11) is 0. The van der Waals surface area contributed by atoms with E-state index in [-0.39, 0.29) is 11.8 Å². The number of esters is 1. The van der Waals surface area contributed by atoms with E-state index in [9.17, 15) is 9.59 Å². The average Bonchev–Trinajstić information content (AvgIpc) is 3.26. The molecule has 0 bridgehead atoms. The Morgan fingerprint density at radius 2 is 1.83 bits per heavy atom. The lowest BCUT2D eigenvalue weighted by Gasteiger charge is -2.19. The second-order valence-corrected chi connectivity index (χ2v) is 7.54. The highest BCUT2D eigenvalue weighted by atomic mass is 16.5. The molecule has 152 valence electrons. The van der Waals surface area contributed by atoms with Crippen LogP contribution in [-0.4, -0.2) is 47.5 Å². The van der Waals surface area contributed by atoms with Crippen LogP contribution in [0.3, 0.4) is 0 Å². The molecule has 0 N–H and O–H groups in total. The third-order valence-electron chi connectivity index (χ3n) is 6.09. The van der Waals surface area contributed by atoms with Crippen LogP contribution in [0.25, 0.3) is 21.8 Å². The van der Waals surface area contributed by atoms with Crippen molar-refractivity contribution in [2.75, 3.05) is 26.2 Å². The van der Waals surface area contributed by atoms with Crippen LogP contribution in [0.1, 0.15) is 53.5 Å². The summed E-state index contributed by atoms with van der Waals surface area (Å²) in [5.41, 5.74) is 4.76. The molecule has 0 amide bonds. The first-order valence-corrected chi connectivity index (χ1v) is 10.6. The van der Waals surface area contributed by atoms with E-state index in [0.717, 1.165) is 65.5 Å². The van der Waals surface area contributed by atoms with Gasteiger partial charge in [0.2, 0.25) is 0 Å². The van der Waals surface area contributed by atoms with E-state index in [0.29, 0.717) is 18.6 Å². The number of nitrogens with zero attached hydrogens (tertiary/aromatic N) is 2. The molecule has 0 radical (unpaired) electrons. The standard InChI is InChI=1S/C24H28N2O3/c1-4-25(5-2)13-14-26-20-10-7-16(24(28)29-6-3)15-19(20)23-18-9-12-22(27)17(18)8-11-21(23)26/h7-8,10-11,15H,4-6,9,12-14H2,1-3H3.